The minimum Gasteiger partial charge on any atom is -0.258 e. The summed E-state index contributed by atoms with van der Waals surface area (Å²) < 4.78 is 0. The quantitative estimate of drug-likeness (QED) is 0.457. The number of hydrogen-bond donors (Lipinski definition) is 0. The Bertz CT molecular complexity index is 254. The van der Waals surface area contributed by atoms with Crippen molar-refractivity contribution in [3.63, 3.8) is 0 Å². The first-order valence-corrected chi connectivity index (χ1v) is 5.18. The third-order valence-electron chi connectivity index (χ3n) is 1.92. The molecule has 0 radical (unpaired) electrons. The highest BCUT2D eigenvalue weighted by molar-refractivity contribution is 5.96. The molecule has 0 aliphatic rings. The largest absolute Gasteiger partial charge is 0.258 e. The summed E-state index contributed by atoms with van der Waals surface area (Å²) in [6, 6.07) is 0. The predicted octanol–water partition coefficient (Wildman–Crippen LogP) is 4.14. The molecule has 14 heavy (non-hydrogen) atoms. The van der Waals surface area contributed by atoms with Gasteiger partial charge in [0.25, 0.3) is 0 Å². The van der Waals surface area contributed by atoms with Gasteiger partial charge in [0, 0.05) is 11.4 Å². The van der Waals surface area contributed by atoms with Gasteiger partial charge in [-0.25, -0.2) is 0 Å². The minimum atomic E-state index is 0.438. The lowest BCUT2D eigenvalue weighted by Crippen LogP contribution is -2.03. The number of allylic oxidation sites excluding steroid dienone is 5. The lowest BCUT2D eigenvalue weighted by Gasteiger charge is -2.05. The standard InChI is InChI=1S/C13H21N/c1-6-9-10-12(7-2)14-13(8-3)11(4)5/h6,8-11H,3,7H2,1-2,4-5H3/b9-6-,12-10-,14-13?. The van der Waals surface area contributed by atoms with Gasteiger partial charge in [-0.2, -0.15) is 0 Å². The summed E-state index contributed by atoms with van der Waals surface area (Å²) in [5.41, 5.74) is 2.16. The molecule has 0 rings (SSSR count). The molecule has 1 nitrogen and oxygen atoms in total. The normalized spacial score (nSPS) is 14.1. The zero-order chi connectivity index (χ0) is 11.0. The lowest BCUT2D eigenvalue weighted by molar-refractivity contribution is 0.881. The van der Waals surface area contributed by atoms with Crippen LogP contribution in [0.25, 0.3) is 0 Å². The maximum absolute atomic E-state index is 4.56. The molecule has 0 heterocycles. The van der Waals surface area contributed by atoms with Crippen molar-refractivity contribution in [2.24, 2.45) is 10.9 Å². The Balaban J connectivity index is 4.78. The Hall–Kier alpha value is -1.11. The number of hydrogen-bond acceptors (Lipinski definition) is 1. The fourth-order valence-corrected chi connectivity index (χ4v) is 1.02. The van der Waals surface area contributed by atoms with Gasteiger partial charge in [-0.15, -0.1) is 0 Å². The zero-order valence-corrected chi connectivity index (χ0v) is 9.75. The van der Waals surface area contributed by atoms with Crippen LogP contribution in [-0.4, -0.2) is 5.71 Å². The molecule has 0 aliphatic heterocycles. The molecule has 0 aromatic carbocycles. The third kappa shape index (κ3) is 4.80. The molecule has 0 aromatic heterocycles. The van der Waals surface area contributed by atoms with Crippen molar-refractivity contribution in [2.75, 3.05) is 0 Å². The molecule has 0 aromatic rings. The Morgan fingerprint density at radius 3 is 2.43 bits per heavy atom. The van der Waals surface area contributed by atoms with Crippen LogP contribution in [-0.2, 0) is 0 Å². The summed E-state index contributed by atoms with van der Waals surface area (Å²) in [6.45, 7) is 12.1. The van der Waals surface area contributed by atoms with Crippen molar-refractivity contribution in [1.29, 1.82) is 0 Å². The minimum absolute atomic E-state index is 0.438. The molecule has 1 heteroatoms. The van der Waals surface area contributed by atoms with E-state index in [2.05, 4.69) is 32.3 Å². The summed E-state index contributed by atoms with van der Waals surface area (Å²) in [7, 11) is 0. The van der Waals surface area contributed by atoms with Crippen LogP contribution in [0.1, 0.15) is 34.1 Å². The van der Waals surface area contributed by atoms with E-state index in [0.29, 0.717) is 5.92 Å². The summed E-state index contributed by atoms with van der Waals surface area (Å²) in [4.78, 5) is 4.56. The van der Waals surface area contributed by atoms with Crippen LogP contribution in [0.4, 0.5) is 0 Å². The molecule has 0 aliphatic carbocycles. The van der Waals surface area contributed by atoms with E-state index in [0.717, 1.165) is 17.8 Å². The van der Waals surface area contributed by atoms with Crippen molar-refractivity contribution >= 4 is 5.71 Å². The molecule has 78 valence electrons. The number of aliphatic imine (C=N–C) groups is 1. The first-order valence-electron chi connectivity index (χ1n) is 5.18. The maximum Gasteiger partial charge on any atom is 0.0426 e. The number of nitrogens with zero attached hydrogens (tertiary/aromatic N) is 1. The van der Waals surface area contributed by atoms with E-state index in [9.17, 15) is 0 Å². The summed E-state index contributed by atoms with van der Waals surface area (Å²) in [5, 5.41) is 0. The Morgan fingerprint density at radius 1 is 1.43 bits per heavy atom. The number of rotatable bonds is 5. The van der Waals surface area contributed by atoms with E-state index in [1.54, 1.807) is 0 Å². The van der Waals surface area contributed by atoms with Crippen LogP contribution >= 0.6 is 0 Å². The topological polar surface area (TPSA) is 12.4 Å². The van der Waals surface area contributed by atoms with Gasteiger partial charge in [0.05, 0.1) is 0 Å². The van der Waals surface area contributed by atoms with Gasteiger partial charge in [-0.1, -0.05) is 39.5 Å². The fraction of sp³-hybridized carbons (Fsp3) is 0.462. The van der Waals surface area contributed by atoms with E-state index in [4.69, 9.17) is 0 Å². The van der Waals surface area contributed by atoms with E-state index < -0.39 is 0 Å². The van der Waals surface area contributed by atoms with Crippen LogP contribution in [0.5, 0.6) is 0 Å². The van der Waals surface area contributed by atoms with Gasteiger partial charge >= 0.3 is 0 Å². The van der Waals surface area contributed by atoms with Crippen molar-refractivity contribution < 1.29 is 0 Å². The van der Waals surface area contributed by atoms with E-state index in [1.165, 1.54) is 0 Å². The molecular formula is C13H21N. The van der Waals surface area contributed by atoms with Gasteiger partial charge < -0.3 is 0 Å². The highest BCUT2D eigenvalue weighted by Crippen LogP contribution is 2.08. The van der Waals surface area contributed by atoms with Gasteiger partial charge in [-0.3, -0.25) is 4.99 Å². The monoisotopic (exact) mass is 191 g/mol. The summed E-state index contributed by atoms with van der Waals surface area (Å²) in [5.74, 6) is 0.438. The van der Waals surface area contributed by atoms with E-state index in [-0.39, 0.29) is 0 Å². The van der Waals surface area contributed by atoms with Crippen LogP contribution < -0.4 is 0 Å². The van der Waals surface area contributed by atoms with E-state index >= 15 is 0 Å². The Kier molecular flexibility index (Phi) is 6.73. The van der Waals surface area contributed by atoms with Crippen LogP contribution in [0.2, 0.25) is 0 Å². The smallest absolute Gasteiger partial charge is 0.0426 e. The highest BCUT2D eigenvalue weighted by Gasteiger charge is 2.00. The summed E-state index contributed by atoms with van der Waals surface area (Å²) >= 11 is 0. The first kappa shape index (κ1) is 12.9. The highest BCUT2D eigenvalue weighted by atomic mass is 14.8. The van der Waals surface area contributed by atoms with Crippen molar-refractivity contribution in [2.45, 2.75) is 34.1 Å². The zero-order valence-electron chi connectivity index (χ0n) is 9.75. The van der Waals surface area contributed by atoms with Gasteiger partial charge in [0.1, 0.15) is 0 Å². The molecule has 0 bridgehead atoms. The predicted molar refractivity (Wildman–Crippen MR) is 65.7 cm³/mol. The van der Waals surface area contributed by atoms with Crippen molar-refractivity contribution in [3.8, 4) is 0 Å². The van der Waals surface area contributed by atoms with Gasteiger partial charge in [0.15, 0.2) is 0 Å². The average Bonchev–Trinajstić information content (AvgIpc) is 2.18. The molecule has 0 N–H and O–H groups in total. The molecule has 0 spiro atoms. The van der Waals surface area contributed by atoms with E-state index in [1.807, 2.05) is 31.2 Å². The molecule has 0 fully saturated rings. The second-order valence-corrected chi connectivity index (χ2v) is 3.43. The molecular weight excluding hydrogens is 170 g/mol. The second-order valence-electron chi connectivity index (χ2n) is 3.43. The maximum atomic E-state index is 4.56. The fourth-order valence-electron chi connectivity index (χ4n) is 1.02. The Labute approximate surface area is 87.9 Å². The van der Waals surface area contributed by atoms with Crippen molar-refractivity contribution in [1.82, 2.24) is 0 Å². The van der Waals surface area contributed by atoms with Crippen LogP contribution in [0.3, 0.4) is 0 Å². The van der Waals surface area contributed by atoms with Gasteiger partial charge in [0.2, 0.25) is 0 Å². The molecule has 0 atom stereocenters. The first-order chi connectivity index (χ1) is 6.65. The lowest BCUT2D eigenvalue weighted by atomic mass is 10.1. The Morgan fingerprint density at radius 2 is 2.07 bits per heavy atom. The molecule has 0 amide bonds. The molecule has 0 unspecified atom stereocenters. The second kappa shape index (κ2) is 7.31. The SMILES string of the molecule is C=CC(=N/C(=C\C=C/C)CC)C(C)C. The van der Waals surface area contributed by atoms with Crippen LogP contribution in [0.15, 0.2) is 41.6 Å². The van der Waals surface area contributed by atoms with Crippen LogP contribution in [0, 0.1) is 5.92 Å². The summed E-state index contributed by atoms with van der Waals surface area (Å²) in [6.07, 6.45) is 8.86. The molecule has 0 saturated heterocycles. The molecule has 0 saturated carbocycles. The van der Waals surface area contributed by atoms with Gasteiger partial charge in [-0.05, 0) is 31.4 Å². The third-order valence-corrected chi connectivity index (χ3v) is 1.92. The average molecular weight is 191 g/mol. The van der Waals surface area contributed by atoms with Crippen molar-refractivity contribution in [3.05, 3.63) is 36.6 Å².